The van der Waals surface area contributed by atoms with Crippen LogP contribution in [0.3, 0.4) is 0 Å². The van der Waals surface area contributed by atoms with E-state index in [1.807, 2.05) is 23.6 Å². The van der Waals surface area contributed by atoms with Crippen LogP contribution in [0.2, 0.25) is 5.02 Å². The van der Waals surface area contributed by atoms with Crippen molar-refractivity contribution in [3.63, 3.8) is 0 Å². The molecule has 9 heteroatoms. The molecule has 1 heterocycles. The van der Waals surface area contributed by atoms with Crippen molar-refractivity contribution < 1.29 is 9.59 Å². The molecule has 0 aliphatic heterocycles. The summed E-state index contributed by atoms with van der Waals surface area (Å²) < 4.78 is 1.95. The lowest BCUT2D eigenvalue weighted by molar-refractivity contribution is -0.118. The Morgan fingerprint density at radius 2 is 2.07 bits per heavy atom. The van der Waals surface area contributed by atoms with Gasteiger partial charge in [0.15, 0.2) is 5.16 Å². The normalized spacial score (nSPS) is 11.0. The van der Waals surface area contributed by atoms with E-state index in [1.54, 1.807) is 6.07 Å². The van der Waals surface area contributed by atoms with Crippen LogP contribution in [-0.2, 0) is 22.6 Å². The number of rotatable bonds is 9. The number of amides is 2. The van der Waals surface area contributed by atoms with E-state index in [0.717, 1.165) is 5.56 Å². The number of thioether (sulfide) groups is 1. The number of nitrogens with two attached hydrogens (primary N) is 1. The van der Waals surface area contributed by atoms with Gasteiger partial charge in [-0.2, -0.15) is 0 Å². The molecule has 0 aliphatic carbocycles. The van der Waals surface area contributed by atoms with Gasteiger partial charge in [0, 0.05) is 30.1 Å². The average molecular weight is 410 g/mol. The monoisotopic (exact) mass is 409 g/mol. The number of halogens is 1. The fourth-order valence-corrected chi connectivity index (χ4v) is 3.34. The number of carbonyl (C=O) groups is 2. The highest BCUT2D eigenvalue weighted by Crippen LogP contribution is 2.22. The van der Waals surface area contributed by atoms with Crippen molar-refractivity contribution in [2.45, 2.75) is 45.3 Å². The molecule has 1 aromatic carbocycles. The lowest BCUT2D eigenvalue weighted by Crippen LogP contribution is -2.16. The summed E-state index contributed by atoms with van der Waals surface area (Å²) in [5.41, 5.74) is 6.83. The van der Waals surface area contributed by atoms with Crippen LogP contribution >= 0.6 is 23.4 Å². The summed E-state index contributed by atoms with van der Waals surface area (Å²) in [6.07, 6.45) is 0.652. The van der Waals surface area contributed by atoms with Crippen LogP contribution in [0.15, 0.2) is 23.4 Å². The lowest BCUT2D eigenvalue weighted by atomic mass is 10.2. The standard InChI is InChI=1S/C18H24ClN5O2S/c1-11(2)9-24-16(7-6-15(20)25)22-23-18(24)27-10-17(26)21-13-5-4-12(3)14(19)8-13/h4-5,8,11H,6-7,9-10H2,1-3H3,(H2,20,25)(H,21,26). The van der Waals surface area contributed by atoms with Gasteiger partial charge in [-0.05, 0) is 30.5 Å². The molecule has 0 saturated heterocycles. The van der Waals surface area contributed by atoms with Gasteiger partial charge in [-0.15, -0.1) is 10.2 Å². The van der Waals surface area contributed by atoms with Crippen LogP contribution in [0.4, 0.5) is 5.69 Å². The first kappa shape index (κ1) is 21.2. The molecule has 0 saturated carbocycles. The third-order valence-corrected chi connectivity index (χ3v) is 5.10. The van der Waals surface area contributed by atoms with Crippen molar-refractivity contribution >= 4 is 40.9 Å². The summed E-state index contributed by atoms with van der Waals surface area (Å²) in [4.78, 5) is 23.3. The van der Waals surface area contributed by atoms with E-state index in [0.29, 0.717) is 40.6 Å². The SMILES string of the molecule is Cc1ccc(NC(=O)CSc2nnc(CCC(N)=O)n2CC(C)C)cc1Cl. The molecular weight excluding hydrogens is 386 g/mol. The molecule has 2 amide bonds. The maximum absolute atomic E-state index is 12.2. The first-order chi connectivity index (χ1) is 12.8. The lowest BCUT2D eigenvalue weighted by Gasteiger charge is -2.12. The molecule has 0 aliphatic rings. The maximum Gasteiger partial charge on any atom is 0.234 e. The first-order valence-corrected chi connectivity index (χ1v) is 10.0. The number of aromatic nitrogens is 3. The molecule has 0 bridgehead atoms. The van der Waals surface area contributed by atoms with E-state index in [-0.39, 0.29) is 24.0 Å². The van der Waals surface area contributed by atoms with Gasteiger partial charge in [0.05, 0.1) is 5.75 Å². The number of primary amides is 1. The van der Waals surface area contributed by atoms with Crippen molar-refractivity contribution in [2.24, 2.45) is 11.7 Å². The summed E-state index contributed by atoms with van der Waals surface area (Å²) in [6, 6.07) is 5.39. The van der Waals surface area contributed by atoms with Crippen LogP contribution in [-0.4, -0.2) is 32.3 Å². The Morgan fingerprint density at radius 1 is 1.33 bits per heavy atom. The Kier molecular flexibility index (Phi) is 7.67. The Bertz CT molecular complexity index is 822. The van der Waals surface area contributed by atoms with Crippen LogP contribution in [0, 0.1) is 12.8 Å². The quantitative estimate of drug-likeness (QED) is 0.619. The van der Waals surface area contributed by atoms with Crippen LogP contribution in [0.5, 0.6) is 0 Å². The number of anilines is 1. The molecule has 1 aromatic heterocycles. The second-order valence-corrected chi connectivity index (χ2v) is 8.02. The summed E-state index contributed by atoms with van der Waals surface area (Å²) in [5.74, 6) is 0.737. The van der Waals surface area contributed by atoms with Crippen LogP contribution in [0.1, 0.15) is 31.7 Å². The molecule has 0 unspecified atom stereocenters. The summed E-state index contributed by atoms with van der Waals surface area (Å²) in [7, 11) is 0. The Hall–Kier alpha value is -2.06. The third-order valence-electron chi connectivity index (χ3n) is 3.72. The smallest absolute Gasteiger partial charge is 0.234 e. The number of aryl methyl sites for hydroxylation is 2. The predicted octanol–water partition coefficient (Wildman–Crippen LogP) is 3.04. The molecule has 0 fully saturated rings. The summed E-state index contributed by atoms with van der Waals surface area (Å²) in [6.45, 7) is 6.78. The van der Waals surface area contributed by atoms with Gasteiger partial charge in [-0.25, -0.2) is 0 Å². The Labute approximate surface area is 168 Å². The highest BCUT2D eigenvalue weighted by molar-refractivity contribution is 7.99. The molecule has 146 valence electrons. The van der Waals surface area contributed by atoms with Crippen LogP contribution in [0.25, 0.3) is 0 Å². The minimum Gasteiger partial charge on any atom is -0.370 e. The zero-order chi connectivity index (χ0) is 20.0. The summed E-state index contributed by atoms with van der Waals surface area (Å²) >= 11 is 7.39. The molecular formula is C18H24ClN5O2S. The molecule has 0 radical (unpaired) electrons. The van der Waals surface area contributed by atoms with Crippen LogP contribution < -0.4 is 11.1 Å². The van der Waals surface area contributed by atoms with Crippen molar-refractivity contribution in [1.29, 1.82) is 0 Å². The zero-order valence-electron chi connectivity index (χ0n) is 15.7. The van der Waals surface area contributed by atoms with Crippen molar-refractivity contribution in [2.75, 3.05) is 11.1 Å². The van der Waals surface area contributed by atoms with Gasteiger partial charge in [0.25, 0.3) is 0 Å². The minimum atomic E-state index is -0.376. The third kappa shape index (κ3) is 6.55. The zero-order valence-corrected chi connectivity index (χ0v) is 17.2. The highest BCUT2D eigenvalue weighted by Gasteiger charge is 2.16. The number of nitrogens with one attached hydrogen (secondary N) is 1. The molecule has 3 N–H and O–H groups in total. The second kappa shape index (κ2) is 9.75. The van der Waals surface area contributed by atoms with Crippen molar-refractivity contribution in [1.82, 2.24) is 14.8 Å². The van der Waals surface area contributed by atoms with E-state index in [4.69, 9.17) is 17.3 Å². The fraction of sp³-hybridized carbons (Fsp3) is 0.444. The highest BCUT2D eigenvalue weighted by atomic mass is 35.5. The molecule has 27 heavy (non-hydrogen) atoms. The van der Waals surface area contributed by atoms with Gasteiger partial charge < -0.3 is 15.6 Å². The Morgan fingerprint density at radius 3 is 2.70 bits per heavy atom. The number of hydrogen-bond donors (Lipinski definition) is 2. The van der Waals surface area contributed by atoms with Gasteiger partial charge in [0.1, 0.15) is 5.82 Å². The number of carbonyl (C=O) groups excluding carboxylic acids is 2. The van der Waals surface area contributed by atoms with Crippen molar-refractivity contribution in [3.05, 3.63) is 34.6 Å². The van der Waals surface area contributed by atoms with Gasteiger partial charge in [-0.3, -0.25) is 9.59 Å². The minimum absolute atomic E-state index is 0.155. The second-order valence-electron chi connectivity index (χ2n) is 6.67. The number of benzene rings is 1. The molecule has 2 aromatic rings. The molecule has 2 rings (SSSR count). The fourth-order valence-electron chi connectivity index (χ4n) is 2.39. The van der Waals surface area contributed by atoms with E-state index in [2.05, 4.69) is 29.4 Å². The van der Waals surface area contributed by atoms with E-state index in [9.17, 15) is 9.59 Å². The van der Waals surface area contributed by atoms with Gasteiger partial charge >= 0.3 is 0 Å². The molecule has 0 atom stereocenters. The van der Waals surface area contributed by atoms with E-state index < -0.39 is 0 Å². The van der Waals surface area contributed by atoms with E-state index >= 15 is 0 Å². The van der Waals surface area contributed by atoms with Gasteiger partial charge in [-0.1, -0.05) is 43.3 Å². The molecule has 0 spiro atoms. The Balaban J connectivity index is 2.01. The maximum atomic E-state index is 12.2. The topological polar surface area (TPSA) is 103 Å². The summed E-state index contributed by atoms with van der Waals surface area (Å²) in [5, 5.41) is 12.4. The average Bonchev–Trinajstić information content (AvgIpc) is 2.95. The van der Waals surface area contributed by atoms with Gasteiger partial charge in [0.2, 0.25) is 11.8 Å². The number of hydrogen-bond acceptors (Lipinski definition) is 5. The van der Waals surface area contributed by atoms with E-state index in [1.165, 1.54) is 11.8 Å². The predicted molar refractivity (Wildman–Crippen MR) is 108 cm³/mol. The largest absolute Gasteiger partial charge is 0.370 e. The molecule has 7 nitrogen and oxygen atoms in total. The van der Waals surface area contributed by atoms with Crippen molar-refractivity contribution in [3.8, 4) is 0 Å². The number of nitrogens with zero attached hydrogens (tertiary/aromatic N) is 3. The first-order valence-electron chi connectivity index (χ1n) is 8.65.